The van der Waals surface area contributed by atoms with Crippen LogP contribution < -0.4 is 15.8 Å². The Morgan fingerprint density at radius 2 is 2.00 bits per heavy atom. The van der Waals surface area contributed by atoms with Crippen LogP contribution in [0.15, 0.2) is 18.2 Å². The van der Waals surface area contributed by atoms with Crippen LogP contribution >= 0.6 is 11.6 Å². The van der Waals surface area contributed by atoms with E-state index in [-0.39, 0.29) is 24.6 Å². The fourth-order valence-corrected chi connectivity index (χ4v) is 1.77. The molecule has 3 N–H and O–H groups in total. The molecule has 0 fully saturated rings. The van der Waals surface area contributed by atoms with E-state index in [9.17, 15) is 4.79 Å². The highest BCUT2D eigenvalue weighted by Gasteiger charge is 2.12. The molecule has 0 heterocycles. The summed E-state index contributed by atoms with van der Waals surface area (Å²) in [5, 5.41) is 3.33. The normalized spacial score (nSPS) is 13.9. The molecule has 1 amide bonds. The van der Waals surface area contributed by atoms with Gasteiger partial charge in [-0.2, -0.15) is 0 Å². The molecular weight excluding hydrogens is 276 g/mol. The van der Waals surface area contributed by atoms with E-state index >= 15 is 0 Å². The SMILES string of the molecule is CC(C)C(C)NC(=O)COc1ccc([C@@H](C)N)cc1Cl. The van der Waals surface area contributed by atoms with Crippen molar-refractivity contribution in [3.05, 3.63) is 28.8 Å². The zero-order valence-electron chi connectivity index (χ0n) is 12.4. The van der Waals surface area contributed by atoms with Gasteiger partial charge in [-0.1, -0.05) is 31.5 Å². The monoisotopic (exact) mass is 298 g/mol. The zero-order chi connectivity index (χ0) is 15.3. The van der Waals surface area contributed by atoms with Crippen molar-refractivity contribution < 1.29 is 9.53 Å². The van der Waals surface area contributed by atoms with Crippen LogP contribution in [0.25, 0.3) is 0 Å². The van der Waals surface area contributed by atoms with E-state index in [4.69, 9.17) is 22.1 Å². The van der Waals surface area contributed by atoms with Crippen LogP contribution in [-0.2, 0) is 4.79 Å². The van der Waals surface area contributed by atoms with Crippen molar-refractivity contribution in [2.45, 2.75) is 39.8 Å². The number of benzene rings is 1. The minimum absolute atomic E-state index is 0.0473. The molecular formula is C15H23ClN2O2. The number of halogens is 1. The fourth-order valence-electron chi connectivity index (χ4n) is 1.52. The average molecular weight is 299 g/mol. The zero-order valence-corrected chi connectivity index (χ0v) is 13.2. The summed E-state index contributed by atoms with van der Waals surface area (Å²) in [6, 6.07) is 5.37. The minimum atomic E-state index is -0.154. The van der Waals surface area contributed by atoms with Crippen LogP contribution in [0.5, 0.6) is 5.75 Å². The number of nitrogens with one attached hydrogen (secondary N) is 1. The first-order valence-electron chi connectivity index (χ1n) is 6.78. The third kappa shape index (κ3) is 5.02. The molecule has 0 spiro atoms. The maximum atomic E-state index is 11.7. The lowest BCUT2D eigenvalue weighted by atomic mass is 10.1. The first-order chi connectivity index (χ1) is 9.31. The van der Waals surface area contributed by atoms with Crippen molar-refractivity contribution in [2.24, 2.45) is 11.7 Å². The van der Waals surface area contributed by atoms with Crippen LogP contribution in [0, 0.1) is 5.92 Å². The molecule has 1 aromatic carbocycles. The number of carbonyl (C=O) groups excluding carboxylic acids is 1. The van der Waals surface area contributed by atoms with E-state index in [1.54, 1.807) is 12.1 Å². The topological polar surface area (TPSA) is 64.3 Å². The van der Waals surface area contributed by atoms with Crippen molar-refractivity contribution >= 4 is 17.5 Å². The van der Waals surface area contributed by atoms with Crippen LogP contribution in [0.2, 0.25) is 5.02 Å². The minimum Gasteiger partial charge on any atom is -0.482 e. The van der Waals surface area contributed by atoms with E-state index in [1.165, 1.54) is 0 Å². The summed E-state index contributed by atoms with van der Waals surface area (Å²) in [6.45, 7) is 7.90. The van der Waals surface area contributed by atoms with E-state index in [0.717, 1.165) is 5.56 Å². The van der Waals surface area contributed by atoms with Crippen molar-refractivity contribution in [1.29, 1.82) is 0 Å². The summed E-state index contributed by atoms with van der Waals surface area (Å²) in [5.41, 5.74) is 6.71. The molecule has 0 bridgehead atoms. The summed E-state index contributed by atoms with van der Waals surface area (Å²) in [5.74, 6) is 0.717. The maximum absolute atomic E-state index is 11.7. The number of carbonyl (C=O) groups is 1. The maximum Gasteiger partial charge on any atom is 0.258 e. The fraction of sp³-hybridized carbons (Fsp3) is 0.533. The van der Waals surface area contributed by atoms with Crippen LogP contribution in [-0.4, -0.2) is 18.6 Å². The van der Waals surface area contributed by atoms with Gasteiger partial charge in [0.05, 0.1) is 5.02 Å². The third-order valence-electron chi connectivity index (χ3n) is 3.23. The van der Waals surface area contributed by atoms with Gasteiger partial charge in [-0.3, -0.25) is 4.79 Å². The molecule has 0 aliphatic heterocycles. The smallest absolute Gasteiger partial charge is 0.258 e. The van der Waals surface area contributed by atoms with Crippen LogP contribution in [0.3, 0.4) is 0 Å². The van der Waals surface area contributed by atoms with Gasteiger partial charge in [-0.15, -0.1) is 0 Å². The lowest BCUT2D eigenvalue weighted by Crippen LogP contribution is -2.38. The Morgan fingerprint density at radius 1 is 1.35 bits per heavy atom. The Bertz CT molecular complexity index is 461. The Morgan fingerprint density at radius 3 is 2.50 bits per heavy atom. The van der Waals surface area contributed by atoms with Gasteiger partial charge in [0, 0.05) is 12.1 Å². The molecule has 2 atom stereocenters. The van der Waals surface area contributed by atoms with E-state index < -0.39 is 0 Å². The van der Waals surface area contributed by atoms with Crippen LogP contribution in [0.4, 0.5) is 0 Å². The molecule has 0 aromatic heterocycles. The summed E-state index contributed by atoms with van der Waals surface area (Å²) in [4.78, 5) is 11.7. The second-order valence-electron chi connectivity index (χ2n) is 5.37. The van der Waals surface area contributed by atoms with Gasteiger partial charge in [0.15, 0.2) is 6.61 Å². The molecule has 1 unspecified atom stereocenters. The second kappa shape index (κ2) is 7.50. The van der Waals surface area contributed by atoms with E-state index in [1.807, 2.05) is 19.9 Å². The Labute approximate surface area is 125 Å². The molecule has 0 radical (unpaired) electrons. The van der Waals surface area contributed by atoms with Crippen LogP contribution in [0.1, 0.15) is 39.3 Å². The number of ether oxygens (including phenoxy) is 1. The summed E-state index contributed by atoms with van der Waals surface area (Å²) < 4.78 is 5.43. The van der Waals surface area contributed by atoms with Gasteiger partial charge in [-0.25, -0.2) is 0 Å². The van der Waals surface area contributed by atoms with Crippen molar-refractivity contribution in [1.82, 2.24) is 5.32 Å². The van der Waals surface area contributed by atoms with Crippen molar-refractivity contribution in [2.75, 3.05) is 6.61 Å². The molecule has 0 aliphatic carbocycles. The number of rotatable bonds is 6. The third-order valence-corrected chi connectivity index (χ3v) is 3.52. The number of amides is 1. The highest BCUT2D eigenvalue weighted by molar-refractivity contribution is 6.32. The molecule has 1 rings (SSSR count). The highest BCUT2D eigenvalue weighted by Crippen LogP contribution is 2.27. The van der Waals surface area contributed by atoms with Gasteiger partial charge >= 0.3 is 0 Å². The first kappa shape index (κ1) is 16.8. The average Bonchev–Trinajstić information content (AvgIpc) is 2.36. The standard InChI is InChI=1S/C15H23ClN2O2/c1-9(2)11(4)18-15(19)8-20-14-6-5-12(10(3)17)7-13(14)16/h5-7,9-11H,8,17H2,1-4H3,(H,18,19)/t10-,11?/m1/s1. The summed E-state index contributed by atoms with van der Waals surface area (Å²) in [6.07, 6.45) is 0. The predicted molar refractivity (Wildman–Crippen MR) is 82.0 cm³/mol. The highest BCUT2D eigenvalue weighted by atomic mass is 35.5. The lowest BCUT2D eigenvalue weighted by molar-refractivity contribution is -0.123. The van der Waals surface area contributed by atoms with E-state index in [2.05, 4.69) is 19.2 Å². The largest absolute Gasteiger partial charge is 0.482 e. The molecule has 5 heteroatoms. The Hall–Kier alpha value is -1.26. The number of nitrogens with two attached hydrogens (primary N) is 1. The molecule has 112 valence electrons. The first-order valence-corrected chi connectivity index (χ1v) is 7.16. The predicted octanol–water partition coefficient (Wildman–Crippen LogP) is 2.90. The van der Waals surface area contributed by atoms with Gasteiger partial charge < -0.3 is 15.8 Å². The second-order valence-corrected chi connectivity index (χ2v) is 5.77. The lowest BCUT2D eigenvalue weighted by Gasteiger charge is -2.17. The van der Waals surface area contributed by atoms with Gasteiger partial charge in [0.25, 0.3) is 5.91 Å². The number of hydrogen-bond acceptors (Lipinski definition) is 3. The molecule has 1 aromatic rings. The Kier molecular flexibility index (Phi) is 6.30. The van der Waals surface area contributed by atoms with Gasteiger partial charge in [0.2, 0.25) is 0 Å². The van der Waals surface area contributed by atoms with E-state index in [0.29, 0.717) is 16.7 Å². The molecule has 0 aliphatic rings. The van der Waals surface area contributed by atoms with Gasteiger partial charge in [0.1, 0.15) is 5.75 Å². The molecule has 0 saturated carbocycles. The summed E-state index contributed by atoms with van der Waals surface area (Å²) >= 11 is 6.10. The van der Waals surface area contributed by atoms with Gasteiger partial charge in [-0.05, 0) is 37.5 Å². The molecule has 20 heavy (non-hydrogen) atoms. The van der Waals surface area contributed by atoms with Crippen molar-refractivity contribution in [3.63, 3.8) is 0 Å². The Balaban J connectivity index is 2.56. The number of hydrogen-bond donors (Lipinski definition) is 2. The quantitative estimate of drug-likeness (QED) is 0.849. The summed E-state index contributed by atoms with van der Waals surface area (Å²) in [7, 11) is 0. The molecule has 4 nitrogen and oxygen atoms in total. The van der Waals surface area contributed by atoms with Crippen molar-refractivity contribution in [3.8, 4) is 5.75 Å². The molecule has 0 saturated heterocycles.